The fourth-order valence-electron chi connectivity index (χ4n) is 2.27. The van der Waals surface area contributed by atoms with E-state index in [0.29, 0.717) is 24.6 Å². The van der Waals surface area contributed by atoms with Crippen LogP contribution in [-0.4, -0.2) is 29.9 Å². The Bertz CT molecular complexity index is 713. The van der Waals surface area contributed by atoms with Crippen LogP contribution in [0.15, 0.2) is 53.7 Å². The first kappa shape index (κ1) is 19.4. The molecular weight excluding hydrogens is 326 g/mol. The van der Waals surface area contributed by atoms with Gasteiger partial charge in [-0.1, -0.05) is 25.1 Å². The molecule has 0 fully saturated rings. The molecule has 1 aromatic carbocycles. The minimum Gasteiger partial charge on any atom is -0.352 e. The Morgan fingerprint density at radius 3 is 2.46 bits per heavy atom. The van der Waals surface area contributed by atoms with Crippen LogP contribution in [0.5, 0.6) is 0 Å². The van der Waals surface area contributed by atoms with Gasteiger partial charge in [0.25, 0.3) is 5.91 Å². The van der Waals surface area contributed by atoms with Crippen molar-refractivity contribution in [1.29, 1.82) is 0 Å². The second-order valence-corrected chi connectivity index (χ2v) is 6.08. The fraction of sp³-hybridized carbons (Fsp3) is 0.350. The lowest BCUT2D eigenvalue weighted by Crippen LogP contribution is -2.36. The summed E-state index contributed by atoms with van der Waals surface area (Å²) in [4.78, 5) is 20.6. The van der Waals surface area contributed by atoms with Crippen molar-refractivity contribution >= 4 is 11.9 Å². The van der Waals surface area contributed by atoms with Crippen molar-refractivity contribution < 1.29 is 4.79 Å². The van der Waals surface area contributed by atoms with Crippen LogP contribution in [0.2, 0.25) is 0 Å². The number of guanidine groups is 1. The molecule has 6 nitrogen and oxygen atoms in total. The van der Waals surface area contributed by atoms with Gasteiger partial charge in [0.2, 0.25) is 0 Å². The second-order valence-electron chi connectivity index (χ2n) is 6.08. The molecule has 2 rings (SSSR count). The quantitative estimate of drug-likeness (QED) is 0.528. The summed E-state index contributed by atoms with van der Waals surface area (Å²) < 4.78 is 0. The molecule has 26 heavy (non-hydrogen) atoms. The van der Waals surface area contributed by atoms with Gasteiger partial charge in [0, 0.05) is 31.4 Å². The predicted octanol–water partition coefficient (Wildman–Crippen LogP) is 2.48. The van der Waals surface area contributed by atoms with Crippen molar-refractivity contribution in [2.75, 3.05) is 7.05 Å². The number of carbonyl (C=O) groups is 1. The van der Waals surface area contributed by atoms with Crippen molar-refractivity contribution in [2.24, 2.45) is 4.99 Å². The number of amides is 1. The van der Waals surface area contributed by atoms with E-state index in [0.717, 1.165) is 17.7 Å². The van der Waals surface area contributed by atoms with Crippen LogP contribution in [0.3, 0.4) is 0 Å². The summed E-state index contributed by atoms with van der Waals surface area (Å²) in [6, 6.07) is 13.6. The number of hydrogen-bond donors (Lipinski definition) is 3. The van der Waals surface area contributed by atoms with Gasteiger partial charge in [0.1, 0.15) is 0 Å². The van der Waals surface area contributed by atoms with Crippen molar-refractivity contribution in [2.45, 2.75) is 39.4 Å². The summed E-state index contributed by atoms with van der Waals surface area (Å²) in [5.74, 6) is 0.668. The van der Waals surface area contributed by atoms with Crippen molar-refractivity contribution in [1.82, 2.24) is 20.9 Å². The third-order valence-electron chi connectivity index (χ3n) is 4.05. The van der Waals surface area contributed by atoms with Gasteiger partial charge in [-0.05, 0) is 43.2 Å². The van der Waals surface area contributed by atoms with Crippen LogP contribution in [0.1, 0.15) is 41.9 Å². The number of pyridine rings is 1. The normalized spacial score (nSPS) is 12.3. The number of rotatable bonds is 7. The zero-order valence-electron chi connectivity index (χ0n) is 15.6. The molecule has 0 aliphatic heterocycles. The first-order valence-electron chi connectivity index (χ1n) is 8.86. The number of nitrogens with one attached hydrogen (secondary N) is 3. The number of aliphatic imine (C=N–C) groups is 1. The fourth-order valence-corrected chi connectivity index (χ4v) is 2.27. The van der Waals surface area contributed by atoms with Gasteiger partial charge in [0.15, 0.2) is 5.96 Å². The largest absolute Gasteiger partial charge is 0.352 e. The molecule has 1 amide bonds. The number of aromatic nitrogens is 1. The summed E-state index contributed by atoms with van der Waals surface area (Å²) in [5.41, 5.74) is 2.70. The number of carbonyl (C=O) groups excluding carboxylic acids is 1. The Hall–Kier alpha value is -2.89. The molecule has 0 aliphatic rings. The Kier molecular flexibility index (Phi) is 7.61. The highest BCUT2D eigenvalue weighted by molar-refractivity contribution is 5.94. The van der Waals surface area contributed by atoms with Crippen LogP contribution in [0.4, 0.5) is 0 Å². The number of benzene rings is 1. The average molecular weight is 353 g/mol. The lowest BCUT2D eigenvalue weighted by molar-refractivity contribution is 0.0939. The third-order valence-corrected chi connectivity index (χ3v) is 4.05. The van der Waals surface area contributed by atoms with E-state index in [-0.39, 0.29) is 11.9 Å². The number of nitrogens with zero attached hydrogens (tertiary/aromatic N) is 2. The zero-order chi connectivity index (χ0) is 18.8. The summed E-state index contributed by atoms with van der Waals surface area (Å²) >= 11 is 0. The molecule has 0 saturated heterocycles. The second kappa shape index (κ2) is 10.2. The number of hydrogen-bond acceptors (Lipinski definition) is 3. The monoisotopic (exact) mass is 353 g/mol. The minimum absolute atomic E-state index is 0.0355. The van der Waals surface area contributed by atoms with Crippen molar-refractivity contribution in [3.8, 4) is 0 Å². The molecule has 138 valence electrons. The lowest BCUT2D eigenvalue weighted by Gasteiger charge is -2.13. The van der Waals surface area contributed by atoms with E-state index >= 15 is 0 Å². The molecule has 1 atom stereocenters. The van der Waals surface area contributed by atoms with E-state index in [9.17, 15) is 4.79 Å². The first-order valence-corrected chi connectivity index (χ1v) is 8.86. The van der Waals surface area contributed by atoms with Gasteiger partial charge in [-0.2, -0.15) is 0 Å². The topological polar surface area (TPSA) is 78.4 Å². The molecular formula is C20H27N5O. The highest BCUT2D eigenvalue weighted by atomic mass is 16.1. The zero-order valence-corrected chi connectivity index (χ0v) is 15.6. The minimum atomic E-state index is -0.0355. The Morgan fingerprint density at radius 2 is 1.85 bits per heavy atom. The Morgan fingerprint density at radius 1 is 1.12 bits per heavy atom. The maximum atomic E-state index is 12.1. The van der Waals surface area contributed by atoms with Crippen LogP contribution < -0.4 is 16.0 Å². The summed E-state index contributed by atoms with van der Waals surface area (Å²) in [6.07, 6.45) is 2.69. The molecule has 1 aromatic heterocycles. The van der Waals surface area contributed by atoms with Crippen LogP contribution >= 0.6 is 0 Å². The summed E-state index contributed by atoms with van der Waals surface area (Å²) in [5, 5.41) is 9.45. The van der Waals surface area contributed by atoms with Gasteiger partial charge < -0.3 is 16.0 Å². The lowest BCUT2D eigenvalue weighted by atomic mass is 10.1. The maximum absolute atomic E-state index is 12.1. The van der Waals surface area contributed by atoms with Gasteiger partial charge in [-0.15, -0.1) is 0 Å². The van der Waals surface area contributed by atoms with Gasteiger partial charge >= 0.3 is 0 Å². The van der Waals surface area contributed by atoms with E-state index in [1.54, 1.807) is 13.2 Å². The highest BCUT2D eigenvalue weighted by Gasteiger charge is 2.08. The molecule has 0 bridgehead atoms. The Labute approximate surface area is 155 Å². The molecule has 0 radical (unpaired) electrons. The predicted molar refractivity (Wildman–Crippen MR) is 105 cm³/mol. The van der Waals surface area contributed by atoms with Crippen LogP contribution in [-0.2, 0) is 13.1 Å². The molecule has 0 saturated carbocycles. The molecule has 0 spiro atoms. The molecule has 6 heteroatoms. The highest BCUT2D eigenvalue weighted by Crippen LogP contribution is 2.05. The SMILES string of the molecule is CCC(C)NC(=O)c1ccc(CNC(=NC)NCc2ccccn2)cc1. The smallest absolute Gasteiger partial charge is 0.251 e. The van der Waals surface area contributed by atoms with E-state index in [2.05, 4.69) is 32.9 Å². The van der Waals surface area contributed by atoms with Crippen LogP contribution in [0.25, 0.3) is 0 Å². The first-order chi connectivity index (χ1) is 12.6. The van der Waals surface area contributed by atoms with Crippen molar-refractivity contribution in [3.63, 3.8) is 0 Å². The van der Waals surface area contributed by atoms with Crippen molar-refractivity contribution in [3.05, 3.63) is 65.5 Å². The van der Waals surface area contributed by atoms with E-state index in [1.165, 1.54) is 0 Å². The summed E-state index contributed by atoms with van der Waals surface area (Å²) in [7, 11) is 1.73. The van der Waals surface area contributed by atoms with Crippen LogP contribution in [0, 0.1) is 0 Å². The molecule has 3 N–H and O–H groups in total. The molecule has 2 aromatic rings. The molecule has 1 unspecified atom stereocenters. The Balaban J connectivity index is 1.83. The summed E-state index contributed by atoms with van der Waals surface area (Å²) in [6.45, 7) is 5.28. The van der Waals surface area contributed by atoms with E-state index in [4.69, 9.17) is 0 Å². The van der Waals surface area contributed by atoms with E-state index in [1.807, 2.05) is 49.4 Å². The van der Waals surface area contributed by atoms with Gasteiger partial charge in [-0.3, -0.25) is 14.8 Å². The third kappa shape index (κ3) is 6.20. The molecule has 1 heterocycles. The van der Waals surface area contributed by atoms with E-state index < -0.39 is 0 Å². The van der Waals surface area contributed by atoms with Gasteiger partial charge in [0.05, 0.1) is 12.2 Å². The maximum Gasteiger partial charge on any atom is 0.251 e. The standard InChI is InChI=1S/C20H27N5O/c1-4-15(2)25-19(26)17-10-8-16(9-11-17)13-23-20(21-3)24-14-18-7-5-6-12-22-18/h5-12,15H,4,13-14H2,1-3H3,(H,25,26)(H2,21,23,24). The average Bonchev–Trinajstić information content (AvgIpc) is 2.69. The van der Waals surface area contributed by atoms with Gasteiger partial charge in [-0.25, -0.2) is 0 Å². The molecule has 0 aliphatic carbocycles.